The molecule has 2 aliphatic heterocycles. The van der Waals surface area contributed by atoms with Crippen LogP contribution in [-0.4, -0.2) is 46.9 Å². The van der Waals surface area contributed by atoms with Gasteiger partial charge in [-0.05, 0) is 32.1 Å². The zero-order chi connectivity index (χ0) is 14.2. The van der Waals surface area contributed by atoms with Gasteiger partial charge in [0.25, 0.3) is 0 Å². The SMILES string of the molecule is CC1CCCN(c2cc(N3CCC(C)(O)C3)ncn2)C1. The lowest BCUT2D eigenvalue weighted by Crippen LogP contribution is -2.35. The lowest BCUT2D eigenvalue weighted by Gasteiger charge is -2.32. The highest BCUT2D eigenvalue weighted by Crippen LogP contribution is 2.28. The van der Waals surface area contributed by atoms with E-state index in [0.717, 1.165) is 43.6 Å². The standard InChI is InChI=1S/C15H24N4O/c1-12-4-3-6-18(9-12)13-8-14(17-11-16-13)19-7-5-15(2,20)10-19/h8,11-12,20H,3-7,9-10H2,1-2H3. The number of nitrogens with zero attached hydrogens (tertiary/aromatic N) is 4. The van der Waals surface area contributed by atoms with Crippen molar-refractivity contribution in [1.82, 2.24) is 9.97 Å². The molecule has 3 heterocycles. The Labute approximate surface area is 120 Å². The Kier molecular flexibility index (Phi) is 3.54. The molecule has 0 bridgehead atoms. The molecule has 0 aliphatic carbocycles. The number of β-amino-alcohol motifs (C(OH)–C–C–N with tert-alkyl or cyclic N) is 1. The van der Waals surface area contributed by atoms with E-state index in [4.69, 9.17) is 0 Å². The van der Waals surface area contributed by atoms with Crippen LogP contribution in [0.5, 0.6) is 0 Å². The van der Waals surface area contributed by atoms with E-state index < -0.39 is 5.60 Å². The van der Waals surface area contributed by atoms with E-state index in [1.165, 1.54) is 12.8 Å². The highest BCUT2D eigenvalue weighted by Gasteiger charge is 2.32. The maximum Gasteiger partial charge on any atom is 0.134 e. The van der Waals surface area contributed by atoms with Crippen LogP contribution in [0.15, 0.2) is 12.4 Å². The van der Waals surface area contributed by atoms with Crippen molar-refractivity contribution in [3.8, 4) is 0 Å². The first kappa shape index (κ1) is 13.6. The molecular weight excluding hydrogens is 252 g/mol. The molecule has 1 N–H and O–H groups in total. The molecule has 5 nitrogen and oxygen atoms in total. The number of anilines is 2. The van der Waals surface area contributed by atoms with Gasteiger partial charge in [0.2, 0.25) is 0 Å². The van der Waals surface area contributed by atoms with E-state index >= 15 is 0 Å². The van der Waals surface area contributed by atoms with Gasteiger partial charge in [-0.15, -0.1) is 0 Å². The summed E-state index contributed by atoms with van der Waals surface area (Å²) in [6, 6.07) is 2.07. The first-order valence-electron chi connectivity index (χ1n) is 7.58. The normalized spacial score (nSPS) is 30.9. The van der Waals surface area contributed by atoms with E-state index in [1.54, 1.807) is 6.33 Å². The lowest BCUT2D eigenvalue weighted by atomic mass is 10.0. The Morgan fingerprint density at radius 2 is 2.00 bits per heavy atom. The van der Waals surface area contributed by atoms with Gasteiger partial charge in [0.05, 0.1) is 5.60 Å². The summed E-state index contributed by atoms with van der Waals surface area (Å²) in [6.07, 6.45) is 4.99. The van der Waals surface area contributed by atoms with Crippen molar-refractivity contribution in [3.05, 3.63) is 12.4 Å². The quantitative estimate of drug-likeness (QED) is 0.890. The molecule has 20 heavy (non-hydrogen) atoms. The maximum atomic E-state index is 10.1. The Morgan fingerprint density at radius 3 is 2.65 bits per heavy atom. The number of hydrogen-bond donors (Lipinski definition) is 1. The third kappa shape index (κ3) is 2.87. The second-order valence-electron chi connectivity index (χ2n) is 6.60. The molecule has 1 aromatic heterocycles. The second-order valence-corrected chi connectivity index (χ2v) is 6.60. The number of aromatic nitrogens is 2. The highest BCUT2D eigenvalue weighted by atomic mass is 16.3. The summed E-state index contributed by atoms with van der Waals surface area (Å²) < 4.78 is 0. The minimum Gasteiger partial charge on any atom is -0.388 e. The molecule has 2 unspecified atom stereocenters. The summed E-state index contributed by atoms with van der Waals surface area (Å²) >= 11 is 0. The van der Waals surface area contributed by atoms with Crippen molar-refractivity contribution >= 4 is 11.6 Å². The average Bonchev–Trinajstić information content (AvgIpc) is 2.79. The van der Waals surface area contributed by atoms with E-state index in [-0.39, 0.29) is 0 Å². The van der Waals surface area contributed by atoms with Crippen LogP contribution in [0.1, 0.15) is 33.1 Å². The fourth-order valence-electron chi connectivity index (χ4n) is 3.22. The van der Waals surface area contributed by atoms with Gasteiger partial charge in [0, 0.05) is 32.2 Å². The summed E-state index contributed by atoms with van der Waals surface area (Å²) in [4.78, 5) is 13.3. The van der Waals surface area contributed by atoms with Crippen molar-refractivity contribution in [3.63, 3.8) is 0 Å². The van der Waals surface area contributed by atoms with E-state index in [1.807, 2.05) is 6.92 Å². The Morgan fingerprint density at radius 1 is 1.25 bits per heavy atom. The zero-order valence-corrected chi connectivity index (χ0v) is 12.4. The van der Waals surface area contributed by atoms with Crippen LogP contribution >= 0.6 is 0 Å². The third-order valence-corrected chi connectivity index (χ3v) is 4.40. The van der Waals surface area contributed by atoms with Crippen LogP contribution in [0.25, 0.3) is 0 Å². The zero-order valence-electron chi connectivity index (χ0n) is 12.4. The maximum absolute atomic E-state index is 10.1. The molecule has 0 saturated carbocycles. The highest BCUT2D eigenvalue weighted by molar-refractivity contribution is 5.51. The van der Waals surface area contributed by atoms with E-state index in [9.17, 15) is 5.11 Å². The van der Waals surface area contributed by atoms with Crippen LogP contribution in [0, 0.1) is 5.92 Å². The van der Waals surface area contributed by atoms with Gasteiger partial charge < -0.3 is 14.9 Å². The summed E-state index contributed by atoms with van der Waals surface area (Å²) in [6.45, 7) is 7.86. The molecule has 1 aromatic rings. The van der Waals surface area contributed by atoms with Crippen molar-refractivity contribution in [2.45, 2.75) is 38.7 Å². The number of aliphatic hydroxyl groups is 1. The largest absolute Gasteiger partial charge is 0.388 e. The topological polar surface area (TPSA) is 52.5 Å². The number of hydrogen-bond acceptors (Lipinski definition) is 5. The van der Waals surface area contributed by atoms with Gasteiger partial charge in [-0.25, -0.2) is 9.97 Å². The minimum atomic E-state index is -0.593. The molecule has 2 fully saturated rings. The van der Waals surface area contributed by atoms with Gasteiger partial charge in [-0.2, -0.15) is 0 Å². The first-order valence-corrected chi connectivity index (χ1v) is 7.58. The fraction of sp³-hybridized carbons (Fsp3) is 0.733. The minimum absolute atomic E-state index is 0.593. The predicted octanol–water partition coefficient (Wildman–Crippen LogP) is 1.67. The van der Waals surface area contributed by atoms with Crippen molar-refractivity contribution in [1.29, 1.82) is 0 Å². The van der Waals surface area contributed by atoms with Crippen molar-refractivity contribution in [2.24, 2.45) is 5.92 Å². The van der Waals surface area contributed by atoms with Gasteiger partial charge in [-0.1, -0.05) is 6.92 Å². The monoisotopic (exact) mass is 276 g/mol. The van der Waals surface area contributed by atoms with Gasteiger partial charge >= 0.3 is 0 Å². The van der Waals surface area contributed by atoms with Gasteiger partial charge in [0.1, 0.15) is 18.0 Å². The van der Waals surface area contributed by atoms with Crippen molar-refractivity contribution in [2.75, 3.05) is 36.0 Å². The van der Waals surface area contributed by atoms with Crippen LogP contribution in [0.3, 0.4) is 0 Å². The number of rotatable bonds is 2. The molecule has 110 valence electrons. The molecule has 0 amide bonds. The summed E-state index contributed by atoms with van der Waals surface area (Å²) in [5.74, 6) is 2.69. The molecule has 0 aromatic carbocycles. The summed E-state index contributed by atoms with van der Waals surface area (Å²) in [5.41, 5.74) is -0.593. The molecule has 2 saturated heterocycles. The number of piperidine rings is 1. The van der Waals surface area contributed by atoms with Gasteiger partial charge in [0.15, 0.2) is 0 Å². The second kappa shape index (κ2) is 5.20. The van der Waals surface area contributed by atoms with E-state index in [0.29, 0.717) is 6.54 Å². The molecule has 0 radical (unpaired) electrons. The van der Waals surface area contributed by atoms with Crippen LogP contribution in [0.4, 0.5) is 11.6 Å². The Bertz CT molecular complexity index is 459. The van der Waals surface area contributed by atoms with Crippen molar-refractivity contribution < 1.29 is 5.11 Å². The van der Waals surface area contributed by atoms with Crippen LogP contribution in [-0.2, 0) is 0 Å². The Hall–Kier alpha value is -1.36. The predicted molar refractivity (Wildman–Crippen MR) is 80.1 cm³/mol. The molecular formula is C15H24N4O. The molecule has 3 rings (SSSR count). The average molecular weight is 276 g/mol. The summed E-state index contributed by atoms with van der Waals surface area (Å²) in [7, 11) is 0. The first-order chi connectivity index (χ1) is 9.53. The van der Waals surface area contributed by atoms with Crippen LogP contribution < -0.4 is 9.80 Å². The van der Waals surface area contributed by atoms with Crippen LogP contribution in [0.2, 0.25) is 0 Å². The summed E-state index contributed by atoms with van der Waals surface area (Å²) in [5, 5.41) is 10.1. The third-order valence-electron chi connectivity index (χ3n) is 4.40. The molecule has 0 spiro atoms. The molecule has 5 heteroatoms. The fourth-order valence-corrected chi connectivity index (χ4v) is 3.22. The van der Waals surface area contributed by atoms with Gasteiger partial charge in [-0.3, -0.25) is 0 Å². The molecule has 2 aliphatic rings. The molecule has 2 atom stereocenters. The lowest BCUT2D eigenvalue weighted by molar-refractivity contribution is 0.0839. The van der Waals surface area contributed by atoms with E-state index in [2.05, 4.69) is 32.8 Å². The Balaban J connectivity index is 1.76. The smallest absolute Gasteiger partial charge is 0.134 e.